The van der Waals surface area contributed by atoms with Gasteiger partial charge < -0.3 is 4.42 Å². The van der Waals surface area contributed by atoms with Gasteiger partial charge in [0.05, 0.1) is 17.2 Å². The number of aryl methyl sites for hydroxylation is 2. The first kappa shape index (κ1) is 16.7. The third-order valence-electron chi connectivity index (χ3n) is 3.92. The van der Waals surface area contributed by atoms with Crippen LogP contribution in [0.2, 0.25) is 0 Å². The van der Waals surface area contributed by atoms with Gasteiger partial charge in [0, 0.05) is 16.5 Å². The molecule has 24 heavy (non-hydrogen) atoms. The van der Waals surface area contributed by atoms with E-state index in [2.05, 4.69) is 27.0 Å². The number of benzene rings is 1. The summed E-state index contributed by atoms with van der Waals surface area (Å²) in [5.41, 5.74) is 1.77. The Morgan fingerprint density at radius 1 is 1.21 bits per heavy atom. The van der Waals surface area contributed by atoms with E-state index >= 15 is 0 Å². The molecule has 3 aromatic rings. The lowest BCUT2D eigenvalue weighted by Gasteiger charge is -2.22. The topological polar surface area (TPSA) is 55.1 Å². The highest BCUT2D eigenvalue weighted by atomic mass is 32.1. The number of thiazole rings is 1. The molecule has 1 atom stereocenters. The first-order valence-corrected chi connectivity index (χ1v) is 8.48. The van der Waals surface area contributed by atoms with E-state index < -0.39 is 0 Å². The first-order valence-electron chi connectivity index (χ1n) is 7.66. The summed E-state index contributed by atoms with van der Waals surface area (Å²) in [5.74, 6) is 0.640. The molecule has 0 N–H and O–H groups in total. The van der Waals surface area contributed by atoms with Crippen molar-refractivity contribution in [2.45, 2.75) is 33.4 Å². The Hall–Kier alpha value is -2.12. The number of halogens is 1. The average Bonchev–Trinajstić information content (AvgIpc) is 3.13. The quantitative estimate of drug-likeness (QED) is 0.695. The fourth-order valence-electron chi connectivity index (χ4n) is 2.51. The monoisotopic (exact) mass is 346 g/mol. The second-order valence-corrected chi connectivity index (χ2v) is 7.02. The van der Waals surface area contributed by atoms with Gasteiger partial charge in [-0.2, -0.15) is 0 Å². The molecule has 0 saturated heterocycles. The number of hydrogen-bond donors (Lipinski definition) is 0. The fraction of sp³-hybridized carbons (Fsp3) is 0.353. The minimum atomic E-state index is -0.290. The molecule has 0 aliphatic carbocycles. The molecular weight excluding hydrogens is 327 g/mol. The van der Waals surface area contributed by atoms with E-state index in [9.17, 15) is 4.39 Å². The number of aromatic nitrogens is 3. The van der Waals surface area contributed by atoms with Crippen molar-refractivity contribution in [3.05, 3.63) is 51.6 Å². The molecule has 0 radical (unpaired) electrons. The SMILES string of the molecule is Cc1nc(C)c(C(C)N(C)Cc2nnc(-c3ccc(F)cc3)o2)s1. The molecule has 1 unspecified atom stereocenters. The zero-order valence-electron chi connectivity index (χ0n) is 14.1. The second kappa shape index (κ2) is 6.78. The van der Waals surface area contributed by atoms with Crippen LogP contribution in [0.4, 0.5) is 4.39 Å². The molecule has 0 aliphatic heterocycles. The molecule has 126 valence electrons. The van der Waals surface area contributed by atoms with Gasteiger partial charge in [-0.25, -0.2) is 9.37 Å². The van der Waals surface area contributed by atoms with Crippen molar-refractivity contribution in [3.8, 4) is 11.5 Å². The minimum absolute atomic E-state index is 0.206. The lowest BCUT2D eigenvalue weighted by Crippen LogP contribution is -2.22. The molecule has 0 bridgehead atoms. The zero-order valence-corrected chi connectivity index (χ0v) is 14.9. The van der Waals surface area contributed by atoms with Crippen molar-refractivity contribution in [3.63, 3.8) is 0 Å². The normalized spacial score (nSPS) is 12.8. The van der Waals surface area contributed by atoms with Gasteiger partial charge in [-0.05, 0) is 52.1 Å². The second-order valence-electron chi connectivity index (χ2n) is 5.78. The van der Waals surface area contributed by atoms with Crippen LogP contribution in [0.25, 0.3) is 11.5 Å². The van der Waals surface area contributed by atoms with Crippen LogP contribution in [0.3, 0.4) is 0 Å². The Balaban J connectivity index is 1.72. The highest BCUT2D eigenvalue weighted by molar-refractivity contribution is 7.11. The van der Waals surface area contributed by atoms with Crippen LogP contribution in [-0.4, -0.2) is 27.1 Å². The molecule has 7 heteroatoms. The summed E-state index contributed by atoms with van der Waals surface area (Å²) in [4.78, 5) is 7.87. The van der Waals surface area contributed by atoms with E-state index in [1.807, 2.05) is 20.9 Å². The average molecular weight is 346 g/mol. The Morgan fingerprint density at radius 2 is 1.92 bits per heavy atom. The lowest BCUT2D eigenvalue weighted by molar-refractivity contribution is 0.230. The maximum atomic E-state index is 13.0. The summed E-state index contributed by atoms with van der Waals surface area (Å²) < 4.78 is 18.7. The van der Waals surface area contributed by atoms with Crippen LogP contribution in [-0.2, 0) is 6.54 Å². The molecule has 0 fully saturated rings. The highest BCUT2D eigenvalue weighted by Gasteiger charge is 2.19. The third-order valence-corrected chi connectivity index (χ3v) is 5.17. The van der Waals surface area contributed by atoms with Gasteiger partial charge in [-0.15, -0.1) is 21.5 Å². The number of rotatable bonds is 5. The molecule has 2 heterocycles. The molecule has 2 aromatic heterocycles. The van der Waals surface area contributed by atoms with Crippen LogP contribution >= 0.6 is 11.3 Å². The maximum Gasteiger partial charge on any atom is 0.247 e. The summed E-state index contributed by atoms with van der Waals surface area (Å²) >= 11 is 1.71. The van der Waals surface area contributed by atoms with Gasteiger partial charge >= 0.3 is 0 Å². The van der Waals surface area contributed by atoms with E-state index in [-0.39, 0.29) is 11.9 Å². The van der Waals surface area contributed by atoms with Crippen molar-refractivity contribution >= 4 is 11.3 Å². The van der Waals surface area contributed by atoms with Gasteiger partial charge in [0.25, 0.3) is 0 Å². The Labute approximate surface area is 144 Å². The molecule has 0 aliphatic rings. The van der Waals surface area contributed by atoms with Crippen LogP contribution in [0.1, 0.15) is 34.4 Å². The standard InChI is InChI=1S/C17H19FN4OS/c1-10-16(24-12(3)19-10)11(2)22(4)9-15-20-21-17(23-15)13-5-7-14(18)8-6-13/h5-8,11H,9H2,1-4H3. The Bertz CT molecular complexity index is 827. The third kappa shape index (κ3) is 3.52. The summed E-state index contributed by atoms with van der Waals surface area (Å²) in [5, 5.41) is 9.21. The van der Waals surface area contributed by atoms with Crippen molar-refractivity contribution in [1.29, 1.82) is 0 Å². The summed E-state index contributed by atoms with van der Waals surface area (Å²) in [7, 11) is 2.01. The Kier molecular flexibility index (Phi) is 4.73. The van der Waals surface area contributed by atoms with Crippen molar-refractivity contribution in [2.75, 3.05) is 7.05 Å². The number of nitrogens with zero attached hydrogens (tertiary/aromatic N) is 4. The lowest BCUT2D eigenvalue weighted by atomic mass is 10.2. The van der Waals surface area contributed by atoms with Gasteiger partial charge in [-0.1, -0.05) is 0 Å². The van der Waals surface area contributed by atoms with Gasteiger partial charge in [-0.3, -0.25) is 4.90 Å². The molecule has 3 rings (SSSR count). The summed E-state index contributed by atoms with van der Waals surface area (Å²) in [6.07, 6.45) is 0. The van der Waals surface area contributed by atoms with Crippen molar-refractivity contribution < 1.29 is 8.81 Å². The molecule has 0 saturated carbocycles. The predicted molar refractivity (Wildman–Crippen MR) is 91.2 cm³/mol. The van der Waals surface area contributed by atoms with Gasteiger partial charge in [0.1, 0.15) is 5.82 Å². The van der Waals surface area contributed by atoms with Crippen molar-refractivity contribution in [1.82, 2.24) is 20.1 Å². The molecule has 5 nitrogen and oxygen atoms in total. The van der Waals surface area contributed by atoms with Crippen LogP contribution in [0.5, 0.6) is 0 Å². The summed E-state index contributed by atoms with van der Waals surface area (Å²) in [6.45, 7) is 6.71. The fourth-order valence-corrected chi connectivity index (χ4v) is 3.56. The predicted octanol–water partition coefficient (Wildman–Crippen LogP) is 4.14. The zero-order chi connectivity index (χ0) is 17.3. The minimum Gasteiger partial charge on any atom is -0.419 e. The van der Waals surface area contributed by atoms with E-state index in [0.29, 0.717) is 23.9 Å². The molecule has 0 amide bonds. The molecule has 1 aromatic carbocycles. The first-order chi connectivity index (χ1) is 11.4. The van der Waals surface area contributed by atoms with Crippen LogP contribution in [0, 0.1) is 19.7 Å². The van der Waals surface area contributed by atoms with Crippen molar-refractivity contribution in [2.24, 2.45) is 0 Å². The highest BCUT2D eigenvalue weighted by Crippen LogP contribution is 2.29. The Morgan fingerprint density at radius 3 is 2.54 bits per heavy atom. The smallest absolute Gasteiger partial charge is 0.247 e. The van der Waals surface area contributed by atoms with Crippen LogP contribution < -0.4 is 0 Å². The van der Waals surface area contributed by atoms with E-state index in [1.165, 1.54) is 17.0 Å². The van der Waals surface area contributed by atoms with E-state index in [1.54, 1.807) is 23.5 Å². The molecule has 0 spiro atoms. The largest absolute Gasteiger partial charge is 0.419 e. The van der Waals surface area contributed by atoms with Gasteiger partial charge in [0.2, 0.25) is 11.8 Å². The summed E-state index contributed by atoms with van der Waals surface area (Å²) in [6, 6.07) is 6.22. The van der Waals surface area contributed by atoms with Gasteiger partial charge in [0.15, 0.2) is 0 Å². The molecular formula is C17H19FN4OS. The van der Waals surface area contributed by atoms with E-state index in [0.717, 1.165) is 10.7 Å². The van der Waals surface area contributed by atoms with Crippen LogP contribution in [0.15, 0.2) is 28.7 Å². The maximum absolute atomic E-state index is 13.0. The van der Waals surface area contributed by atoms with E-state index in [4.69, 9.17) is 4.42 Å². The number of hydrogen-bond acceptors (Lipinski definition) is 6.